The van der Waals surface area contributed by atoms with Gasteiger partial charge in [-0.15, -0.1) is 0 Å². The van der Waals surface area contributed by atoms with Crippen molar-refractivity contribution in [2.24, 2.45) is 0 Å². The molecular formula is C18H13N6NaS. The molecule has 6 nitrogen and oxygen atoms in total. The van der Waals surface area contributed by atoms with E-state index in [1.165, 1.54) is 0 Å². The summed E-state index contributed by atoms with van der Waals surface area (Å²) in [5.74, 6) is 0. The van der Waals surface area contributed by atoms with Crippen LogP contribution in [0.2, 0.25) is 0 Å². The summed E-state index contributed by atoms with van der Waals surface area (Å²) in [5.41, 5.74) is 3.39. The molecular weight excluding hydrogens is 355 g/mol. The van der Waals surface area contributed by atoms with E-state index < -0.39 is 0 Å². The fraction of sp³-hybridized carbons (Fsp3) is 0.111. The predicted molar refractivity (Wildman–Crippen MR) is 97.1 cm³/mol. The van der Waals surface area contributed by atoms with Gasteiger partial charge in [0.15, 0.2) is 5.65 Å². The Kier molecular flexibility index (Phi) is 6.36. The molecule has 0 atom stereocenters. The van der Waals surface area contributed by atoms with Crippen LogP contribution in [0.3, 0.4) is 0 Å². The van der Waals surface area contributed by atoms with Crippen LogP contribution in [0.5, 0.6) is 0 Å². The molecule has 0 aliphatic heterocycles. The van der Waals surface area contributed by atoms with Gasteiger partial charge >= 0.3 is 29.6 Å². The van der Waals surface area contributed by atoms with Gasteiger partial charge in [-0.2, -0.15) is 15.6 Å². The number of benzene rings is 1. The van der Waals surface area contributed by atoms with Crippen molar-refractivity contribution in [3.05, 3.63) is 64.1 Å². The van der Waals surface area contributed by atoms with Crippen LogP contribution in [-0.4, -0.2) is 14.6 Å². The first-order chi connectivity index (χ1) is 12.0. The summed E-state index contributed by atoms with van der Waals surface area (Å²) in [4.78, 5) is 4.38. The number of nitrogens with zero attached hydrogens (tertiary/aromatic N) is 5. The maximum Gasteiger partial charge on any atom is 1.00 e. The van der Waals surface area contributed by atoms with E-state index in [4.69, 9.17) is 12.6 Å². The van der Waals surface area contributed by atoms with Crippen molar-refractivity contribution >= 4 is 29.5 Å². The Morgan fingerprint density at radius 1 is 1.19 bits per heavy atom. The Morgan fingerprint density at radius 3 is 2.50 bits per heavy atom. The van der Waals surface area contributed by atoms with Gasteiger partial charge in [0.05, 0.1) is 5.57 Å². The summed E-state index contributed by atoms with van der Waals surface area (Å²) < 4.78 is 1.56. The Morgan fingerprint density at radius 2 is 1.88 bits per heavy atom. The zero-order valence-electron chi connectivity index (χ0n) is 14.6. The van der Waals surface area contributed by atoms with Crippen molar-refractivity contribution in [2.45, 2.75) is 13.8 Å². The summed E-state index contributed by atoms with van der Waals surface area (Å²) in [6.45, 7) is 3.71. The van der Waals surface area contributed by atoms with Gasteiger partial charge < -0.3 is 17.9 Å². The van der Waals surface area contributed by atoms with Crippen LogP contribution >= 0.6 is 0 Å². The molecule has 0 aliphatic rings. The molecule has 0 fully saturated rings. The molecule has 0 amide bonds. The van der Waals surface area contributed by atoms with Crippen molar-refractivity contribution in [1.82, 2.24) is 14.6 Å². The predicted octanol–water partition coefficient (Wildman–Crippen LogP) is 0.0730. The molecule has 0 radical (unpaired) electrons. The fourth-order valence-corrected chi connectivity index (χ4v) is 2.79. The summed E-state index contributed by atoms with van der Waals surface area (Å²) in [6.07, 6.45) is 0. The van der Waals surface area contributed by atoms with Gasteiger partial charge in [-0.1, -0.05) is 23.2 Å². The first-order valence-electron chi connectivity index (χ1n) is 7.46. The quantitative estimate of drug-likeness (QED) is 0.400. The average Bonchev–Trinajstić information content (AvgIpc) is 2.95. The number of anilines is 1. The molecule has 2 aromatic heterocycles. The number of nitrogens with one attached hydrogen (secondary N) is 1. The Balaban J connectivity index is 0.00000243. The van der Waals surface area contributed by atoms with E-state index in [2.05, 4.69) is 27.5 Å². The molecule has 1 aromatic carbocycles. The molecule has 8 heteroatoms. The van der Waals surface area contributed by atoms with Crippen LogP contribution in [0.4, 0.5) is 5.69 Å². The molecule has 2 heterocycles. The molecule has 0 saturated heterocycles. The van der Waals surface area contributed by atoms with E-state index in [9.17, 15) is 10.5 Å². The number of aromatic nitrogens is 3. The molecule has 3 aromatic rings. The summed E-state index contributed by atoms with van der Waals surface area (Å²) >= 11 is 5.36. The van der Waals surface area contributed by atoms with Crippen molar-refractivity contribution in [3.63, 3.8) is 0 Å². The second-order valence-electron chi connectivity index (χ2n) is 5.42. The molecule has 122 valence electrons. The van der Waals surface area contributed by atoms with Crippen LogP contribution < -0.4 is 34.9 Å². The number of fused-ring (bicyclic) bond motifs is 1. The molecule has 3 rings (SSSR count). The average molecular weight is 368 g/mol. The Bertz CT molecular complexity index is 1070. The van der Waals surface area contributed by atoms with Crippen LogP contribution in [0.25, 0.3) is 11.2 Å². The number of allylic oxidation sites excluding steroid dienone is 1. The number of nitriles is 2. The van der Waals surface area contributed by atoms with E-state index >= 15 is 0 Å². The van der Waals surface area contributed by atoms with Crippen LogP contribution in [-0.2, 0) is 12.6 Å². The molecule has 0 saturated carbocycles. The standard InChI is InChI=1S/C18H14N6S.Na/c1-11-8-12(2)24-17(21-11)14(9-19)16(23-24)15(10-20)18(25)22-13-6-4-3-5-7-13;/h3-8,22,25H,1-2H3;/q;+1/p-1/b18-15-;. The normalized spacial score (nSPS) is 11.1. The maximum atomic E-state index is 9.60. The van der Waals surface area contributed by atoms with Crippen molar-refractivity contribution in [2.75, 3.05) is 5.32 Å². The zero-order valence-corrected chi connectivity index (χ0v) is 17.4. The third-order valence-electron chi connectivity index (χ3n) is 3.61. The van der Waals surface area contributed by atoms with Gasteiger partial charge in [0.2, 0.25) is 0 Å². The number of para-hydroxylation sites is 1. The number of hydrogen-bond acceptors (Lipinski definition) is 6. The second kappa shape index (κ2) is 8.31. The second-order valence-corrected chi connectivity index (χ2v) is 5.82. The van der Waals surface area contributed by atoms with E-state index in [1.54, 1.807) is 4.52 Å². The van der Waals surface area contributed by atoms with Gasteiger partial charge in [0.25, 0.3) is 0 Å². The van der Waals surface area contributed by atoms with Gasteiger partial charge in [-0.05, 0) is 32.0 Å². The van der Waals surface area contributed by atoms with E-state index in [-0.39, 0.29) is 51.4 Å². The minimum Gasteiger partial charge on any atom is -0.761 e. The summed E-state index contributed by atoms with van der Waals surface area (Å²) in [6, 6.07) is 15.3. The van der Waals surface area contributed by atoms with Gasteiger partial charge in [-0.3, -0.25) is 0 Å². The molecule has 0 bridgehead atoms. The van der Waals surface area contributed by atoms with E-state index in [0.717, 1.165) is 17.1 Å². The van der Waals surface area contributed by atoms with Crippen LogP contribution in [0.1, 0.15) is 22.6 Å². The largest absolute Gasteiger partial charge is 1.00 e. The van der Waals surface area contributed by atoms with Crippen molar-refractivity contribution in [3.8, 4) is 12.1 Å². The van der Waals surface area contributed by atoms with Crippen LogP contribution in [0.15, 0.2) is 41.4 Å². The number of hydrogen-bond donors (Lipinski definition) is 1. The Labute approximate surface area is 178 Å². The van der Waals surface area contributed by atoms with Crippen molar-refractivity contribution in [1.29, 1.82) is 10.5 Å². The van der Waals surface area contributed by atoms with E-state index in [0.29, 0.717) is 5.65 Å². The Hall–Kier alpha value is -2.42. The monoisotopic (exact) mass is 368 g/mol. The van der Waals surface area contributed by atoms with Gasteiger partial charge in [0.1, 0.15) is 23.4 Å². The van der Waals surface area contributed by atoms with E-state index in [1.807, 2.05) is 50.2 Å². The smallest absolute Gasteiger partial charge is 0.761 e. The molecule has 0 aliphatic carbocycles. The van der Waals surface area contributed by atoms with Gasteiger partial charge in [-0.25, -0.2) is 9.50 Å². The van der Waals surface area contributed by atoms with Crippen molar-refractivity contribution < 1.29 is 29.6 Å². The maximum absolute atomic E-state index is 9.60. The SMILES string of the molecule is Cc1cc(C)n2nc(/C(C#N)=C(\[S-])Nc3ccccc3)c(C#N)c2n1.[Na+]. The summed E-state index contributed by atoms with van der Waals surface area (Å²) in [5, 5.41) is 26.8. The third kappa shape index (κ3) is 3.72. The number of rotatable bonds is 3. The molecule has 0 unspecified atom stereocenters. The molecule has 0 spiro atoms. The first kappa shape index (κ1) is 19.9. The minimum atomic E-state index is 0. The third-order valence-corrected chi connectivity index (χ3v) is 3.92. The van der Waals surface area contributed by atoms with Crippen LogP contribution in [0, 0.1) is 36.5 Å². The molecule has 1 N–H and O–H groups in total. The zero-order chi connectivity index (χ0) is 18.0. The first-order valence-corrected chi connectivity index (χ1v) is 7.87. The topological polar surface area (TPSA) is 89.8 Å². The van der Waals surface area contributed by atoms with Gasteiger partial charge in [0, 0.05) is 17.1 Å². The minimum absolute atomic E-state index is 0. The fourth-order valence-electron chi connectivity index (χ4n) is 2.53. The molecule has 26 heavy (non-hydrogen) atoms. The number of aryl methyl sites for hydroxylation is 2. The summed E-state index contributed by atoms with van der Waals surface area (Å²) in [7, 11) is 0.